The summed E-state index contributed by atoms with van der Waals surface area (Å²) in [5, 5.41) is 1.89. The van der Waals surface area contributed by atoms with Crippen molar-refractivity contribution in [2.45, 2.75) is 18.6 Å². The Balaban J connectivity index is 2.43. The lowest BCUT2D eigenvalue weighted by molar-refractivity contribution is -0.160. The zero-order valence-corrected chi connectivity index (χ0v) is 8.71. The maximum atomic E-state index is 11.7. The van der Waals surface area contributed by atoms with E-state index in [0.717, 1.165) is 4.90 Å². The van der Waals surface area contributed by atoms with Gasteiger partial charge in [0.25, 0.3) is 5.91 Å². The van der Waals surface area contributed by atoms with Crippen molar-refractivity contribution in [2.75, 3.05) is 13.7 Å². The molecule has 1 aliphatic rings. The van der Waals surface area contributed by atoms with E-state index in [2.05, 4.69) is 4.74 Å². The third-order valence-corrected chi connectivity index (χ3v) is 2.04. The van der Waals surface area contributed by atoms with Gasteiger partial charge in [0.2, 0.25) is 5.91 Å². The van der Waals surface area contributed by atoms with Gasteiger partial charge in [-0.1, -0.05) is 0 Å². The number of alkyl halides is 3. The number of rotatable bonds is 2. The summed E-state index contributed by atoms with van der Waals surface area (Å²) in [6.45, 7) is -1.75. The number of nitrogens with one attached hydrogen (secondary N) is 1. The topological polar surface area (TPSA) is 75.7 Å². The van der Waals surface area contributed by atoms with E-state index in [1.807, 2.05) is 5.32 Å². The predicted molar refractivity (Wildman–Crippen MR) is 46.7 cm³/mol. The number of halogens is 3. The van der Waals surface area contributed by atoms with E-state index < -0.39 is 36.7 Å². The number of hydrogen-bond donors (Lipinski definition) is 1. The lowest BCUT2D eigenvalue weighted by atomic mass is 10.2. The highest BCUT2D eigenvalue weighted by molar-refractivity contribution is 6.06. The lowest BCUT2D eigenvalue weighted by Gasteiger charge is -2.12. The van der Waals surface area contributed by atoms with Gasteiger partial charge in [-0.25, -0.2) is 4.79 Å². The van der Waals surface area contributed by atoms with Crippen molar-refractivity contribution < 1.29 is 32.3 Å². The molecule has 17 heavy (non-hydrogen) atoms. The number of carbonyl (C=O) groups is 3. The number of hydrogen-bond acceptors (Lipinski definition) is 4. The van der Waals surface area contributed by atoms with Gasteiger partial charge in [-0.2, -0.15) is 13.2 Å². The van der Waals surface area contributed by atoms with Crippen molar-refractivity contribution in [3.63, 3.8) is 0 Å². The second-order valence-electron chi connectivity index (χ2n) is 3.38. The minimum absolute atomic E-state index is 0.281. The number of likely N-dealkylation sites (N-methyl/N-ethyl adjacent to an activating group) is 1. The Morgan fingerprint density at radius 1 is 1.53 bits per heavy atom. The monoisotopic (exact) mass is 254 g/mol. The van der Waals surface area contributed by atoms with Crippen molar-refractivity contribution in [3.05, 3.63) is 0 Å². The zero-order chi connectivity index (χ0) is 13.2. The normalized spacial score (nSPS) is 20.7. The summed E-state index contributed by atoms with van der Waals surface area (Å²) in [6, 6.07) is -1.16. The molecule has 0 bridgehead atoms. The predicted octanol–water partition coefficient (Wildman–Crippen LogP) is 0.0322. The third kappa shape index (κ3) is 3.61. The molecule has 1 heterocycles. The Bertz CT molecular complexity index is 355. The van der Waals surface area contributed by atoms with Crippen LogP contribution in [0.4, 0.5) is 18.0 Å². The fourth-order valence-electron chi connectivity index (χ4n) is 1.20. The zero-order valence-electron chi connectivity index (χ0n) is 8.71. The Morgan fingerprint density at radius 2 is 2.12 bits per heavy atom. The summed E-state index contributed by atoms with van der Waals surface area (Å²) < 4.78 is 38.9. The van der Waals surface area contributed by atoms with Gasteiger partial charge in [-0.05, 0) is 0 Å². The van der Waals surface area contributed by atoms with Crippen LogP contribution in [0.1, 0.15) is 6.42 Å². The van der Waals surface area contributed by atoms with Gasteiger partial charge in [0.05, 0.1) is 6.42 Å². The smallest absolute Gasteiger partial charge is 0.422 e. The first-order chi connectivity index (χ1) is 7.70. The molecule has 0 spiro atoms. The average molecular weight is 254 g/mol. The minimum atomic E-state index is -4.64. The molecule has 1 unspecified atom stereocenters. The second kappa shape index (κ2) is 4.60. The molecule has 1 rings (SSSR count). The molecule has 0 aromatic heterocycles. The first-order valence-electron chi connectivity index (χ1n) is 4.51. The number of carbonyl (C=O) groups excluding carboxylic acids is 3. The van der Waals surface area contributed by atoms with Crippen molar-refractivity contribution in [2.24, 2.45) is 0 Å². The van der Waals surface area contributed by atoms with Gasteiger partial charge in [0, 0.05) is 7.05 Å². The molecule has 9 heteroatoms. The van der Waals surface area contributed by atoms with Crippen LogP contribution in [-0.2, 0) is 14.3 Å². The fraction of sp³-hybridized carbons (Fsp3) is 0.625. The van der Waals surface area contributed by atoms with Crippen LogP contribution in [0.3, 0.4) is 0 Å². The van der Waals surface area contributed by atoms with Gasteiger partial charge in [0.15, 0.2) is 6.61 Å². The van der Waals surface area contributed by atoms with Gasteiger partial charge < -0.3 is 10.1 Å². The molecule has 1 atom stereocenters. The van der Waals surface area contributed by atoms with E-state index in [1.165, 1.54) is 7.05 Å². The summed E-state index contributed by atoms with van der Waals surface area (Å²) in [5.74, 6) is -1.20. The first-order valence-corrected chi connectivity index (χ1v) is 4.51. The van der Waals surface area contributed by atoms with Crippen LogP contribution in [0.15, 0.2) is 0 Å². The van der Waals surface area contributed by atoms with Gasteiger partial charge in [0.1, 0.15) is 6.04 Å². The molecule has 0 aliphatic carbocycles. The third-order valence-electron chi connectivity index (χ3n) is 2.04. The highest BCUT2D eigenvalue weighted by Crippen LogP contribution is 2.15. The molecule has 0 aromatic rings. The first kappa shape index (κ1) is 13.3. The Kier molecular flexibility index (Phi) is 3.59. The van der Waals surface area contributed by atoms with Crippen molar-refractivity contribution >= 4 is 17.9 Å². The van der Waals surface area contributed by atoms with Crippen molar-refractivity contribution in [1.29, 1.82) is 0 Å². The Labute approximate surface area is 93.7 Å². The maximum Gasteiger partial charge on any atom is 0.422 e. The van der Waals surface area contributed by atoms with Crippen LogP contribution in [0.5, 0.6) is 0 Å². The van der Waals surface area contributed by atoms with E-state index in [9.17, 15) is 27.6 Å². The molecule has 1 saturated heterocycles. The number of likely N-dealkylation sites (tertiary alicyclic amines) is 1. The molecule has 0 aromatic carbocycles. The van der Waals surface area contributed by atoms with E-state index in [0.29, 0.717) is 0 Å². The van der Waals surface area contributed by atoms with E-state index in [1.54, 1.807) is 0 Å². The highest BCUT2D eigenvalue weighted by atomic mass is 19.4. The van der Waals surface area contributed by atoms with Crippen LogP contribution in [-0.4, -0.2) is 48.7 Å². The summed E-state index contributed by atoms with van der Waals surface area (Å²) >= 11 is 0. The molecule has 1 aliphatic heterocycles. The average Bonchev–Trinajstić information content (AvgIpc) is 2.43. The van der Waals surface area contributed by atoms with Crippen molar-refractivity contribution in [3.8, 4) is 0 Å². The standard InChI is InChI=1S/C8H9F3N2O4/c1-13-5(14)2-4(6(13)15)12-7(16)17-3-8(9,10)11/h4H,2-3H2,1H3,(H,12,16). The second-order valence-corrected chi connectivity index (χ2v) is 3.38. The van der Waals surface area contributed by atoms with Gasteiger partial charge in [-0.15, -0.1) is 0 Å². The van der Waals surface area contributed by atoms with Crippen LogP contribution < -0.4 is 5.32 Å². The molecule has 6 nitrogen and oxygen atoms in total. The van der Waals surface area contributed by atoms with Crippen LogP contribution in [0.25, 0.3) is 0 Å². The number of alkyl carbamates (subject to hydrolysis) is 1. The van der Waals surface area contributed by atoms with Crippen LogP contribution >= 0.6 is 0 Å². The van der Waals surface area contributed by atoms with Gasteiger partial charge >= 0.3 is 12.3 Å². The van der Waals surface area contributed by atoms with Crippen LogP contribution in [0, 0.1) is 0 Å². The van der Waals surface area contributed by atoms with E-state index in [-0.39, 0.29) is 6.42 Å². The summed E-state index contributed by atoms with van der Waals surface area (Å²) in [5.41, 5.74) is 0. The van der Waals surface area contributed by atoms with E-state index >= 15 is 0 Å². The largest absolute Gasteiger partial charge is 0.440 e. The maximum absolute atomic E-state index is 11.7. The van der Waals surface area contributed by atoms with Gasteiger partial charge in [-0.3, -0.25) is 14.5 Å². The molecular weight excluding hydrogens is 245 g/mol. The SMILES string of the molecule is CN1C(=O)CC(NC(=O)OCC(F)(F)F)C1=O. The molecule has 3 amide bonds. The van der Waals surface area contributed by atoms with E-state index in [4.69, 9.17) is 0 Å². The number of imide groups is 1. The Hall–Kier alpha value is -1.80. The summed E-state index contributed by atoms with van der Waals surface area (Å²) in [4.78, 5) is 34.0. The van der Waals surface area contributed by atoms with Crippen LogP contribution in [0.2, 0.25) is 0 Å². The molecule has 0 radical (unpaired) electrons. The molecular formula is C8H9F3N2O4. The lowest BCUT2D eigenvalue weighted by Crippen LogP contribution is -2.41. The minimum Gasteiger partial charge on any atom is -0.440 e. The number of ether oxygens (including phenoxy) is 1. The fourth-order valence-corrected chi connectivity index (χ4v) is 1.20. The molecule has 96 valence electrons. The summed E-state index contributed by atoms with van der Waals surface area (Å²) in [7, 11) is 1.22. The molecule has 1 fully saturated rings. The molecule has 0 saturated carbocycles. The van der Waals surface area contributed by atoms with Crippen molar-refractivity contribution in [1.82, 2.24) is 10.2 Å². The summed E-state index contributed by atoms with van der Waals surface area (Å²) in [6.07, 6.45) is -6.30. The number of amides is 3. The quantitative estimate of drug-likeness (QED) is 0.705. The Morgan fingerprint density at radius 3 is 2.53 bits per heavy atom. The highest BCUT2D eigenvalue weighted by Gasteiger charge is 2.38. The number of nitrogens with zero attached hydrogens (tertiary/aromatic N) is 1. The molecule has 1 N–H and O–H groups in total.